The highest BCUT2D eigenvalue weighted by atomic mass is 32.2. The number of rotatable bonds is 8. The molecule has 0 aromatic heterocycles. The summed E-state index contributed by atoms with van der Waals surface area (Å²) in [5.74, 6) is -1.90. The van der Waals surface area contributed by atoms with Crippen LogP contribution in [0.5, 0.6) is 0 Å². The normalized spacial score (nSPS) is 34.9. The molecule has 0 amide bonds. The Morgan fingerprint density at radius 2 is 1.96 bits per heavy atom. The van der Waals surface area contributed by atoms with E-state index in [0.29, 0.717) is 6.42 Å². The lowest BCUT2D eigenvalue weighted by molar-refractivity contribution is -0.144. The minimum Gasteiger partial charge on any atom is -0.480 e. The van der Waals surface area contributed by atoms with E-state index < -0.39 is 40.8 Å². The first-order valence-electron chi connectivity index (χ1n) is 8.23. The fourth-order valence-corrected chi connectivity index (χ4v) is 5.03. The maximum Gasteiger partial charge on any atom is 0.451 e. The summed E-state index contributed by atoms with van der Waals surface area (Å²) in [6.07, 6.45) is 0.680. The van der Waals surface area contributed by atoms with Gasteiger partial charge in [-0.3, -0.25) is 4.79 Å². The Kier molecular flexibility index (Phi) is 5.56. The molecule has 0 aromatic rings. The Morgan fingerprint density at radius 1 is 1.40 bits per heavy atom. The number of carbonyl (C=O) groups is 1. The van der Waals surface area contributed by atoms with Crippen molar-refractivity contribution in [2.24, 2.45) is 22.8 Å². The zero-order valence-corrected chi connectivity index (χ0v) is 15.2. The maximum atomic E-state index is 12.6. The number of hydrogen-bond donors (Lipinski definition) is 6. The molecular formula is C13H27BN4O6S. The largest absolute Gasteiger partial charge is 0.480 e. The molecule has 0 radical (unpaired) electrons. The second-order valence-electron chi connectivity index (χ2n) is 7.69. The number of carboxylic acids is 1. The molecule has 1 saturated carbocycles. The molecule has 1 aliphatic carbocycles. The van der Waals surface area contributed by atoms with Gasteiger partial charge in [-0.1, -0.05) is 20.3 Å². The van der Waals surface area contributed by atoms with E-state index in [9.17, 15) is 18.3 Å². The van der Waals surface area contributed by atoms with Crippen LogP contribution in [0.2, 0.25) is 6.32 Å². The van der Waals surface area contributed by atoms with Crippen molar-refractivity contribution in [1.82, 2.24) is 9.03 Å². The lowest BCUT2D eigenvalue weighted by Crippen LogP contribution is -2.55. The summed E-state index contributed by atoms with van der Waals surface area (Å²) < 4.78 is 28.7. The van der Waals surface area contributed by atoms with Crippen molar-refractivity contribution in [2.75, 3.05) is 13.1 Å². The fourth-order valence-electron chi connectivity index (χ4n) is 3.35. The summed E-state index contributed by atoms with van der Waals surface area (Å²) in [6.45, 7) is 3.32. The molecule has 1 heterocycles. The lowest BCUT2D eigenvalue weighted by atomic mass is 9.78. The van der Waals surface area contributed by atoms with Crippen LogP contribution in [0.25, 0.3) is 0 Å². The Hall–Kier alpha value is -0.755. The van der Waals surface area contributed by atoms with Gasteiger partial charge in [-0.15, -0.1) is 0 Å². The van der Waals surface area contributed by atoms with Gasteiger partial charge in [0.15, 0.2) is 0 Å². The van der Waals surface area contributed by atoms with Gasteiger partial charge in [0.25, 0.3) is 10.2 Å². The van der Waals surface area contributed by atoms with Gasteiger partial charge in [-0.25, -0.2) is 0 Å². The molecule has 0 bridgehead atoms. The van der Waals surface area contributed by atoms with Crippen molar-refractivity contribution in [2.45, 2.75) is 50.6 Å². The first kappa shape index (κ1) is 20.6. The van der Waals surface area contributed by atoms with Gasteiger partial charge in [-0.05, 0) is 18.2 Å². The van der Waals surface area contributed by atoms with Crippen LogP contribution in [-0.2, 0) is 15.0 Å². The maximum absolute atomic E-state index is 12.6. The van der Waals surface area contributed by atoms with E-state index in [2.05, 4.69) is 4.72 Å². The minimum absolute atomic E-state index is 0.0396. The third-order valence-corrected chi connectivity index (χ3v) is 7.04. The topological polar surface area (TPSA) is 179 Å². The molecule has 4 atom stereocenters. The zero-order chi connectivity index (χ0) is 19.2. The van der Waals surface area contributed by atoms with E-state index in [1.165, 1.54) is 0 Å². The molecule has 1 saturated heterocycles. The molecule has 1 aliphatic heterocycles. The van der Waals surface area contributed by atoms with Gasteiger partial charge in [-0.2, -0.15) is 17.4 Å². The van der Waals surface area contributed by atoms with Crippen LogP contribution >= 0.6 is 0 Å². The van der Waals surface area contributed by atoms with Crippen molar-refractivity contribution < 1.29 is 28.4 Å². The Balaban J connectivity index is 2.08. The third kappa shape index (κ3) is 4.00. The molecule has 12 heteroatoms. The average Bonchev–Trinajstić information content (AvgIpc) is 2.82. The number of nitrogens with one attached hydrogen (secondary N) is 1. The molecule has 0 spiro atoms. The fraction of sp³-hybridized carbons (Fsp3) is 0.923. The molecule has 2 fully saturated rings. The predicted octanol–water partition coefficient (Wildman–Crippen LogP) is -2.48. The molecule has 144 valence electrons. The van der Waals surface area contributed by atoms with Gasteiger partial charge in [0.05, 0.1) is 0 Å². The summed E-state index contributed by atoms with van der Waals surface area (Å²) >= 11 is 0. The minimum atomic E-state index is -3.92. The molecule has 0 aromatic carbocycles. The van der Waals surface area contributed by atoms with Crippen LogP contribution < -0.4 is 16.2 Å². The monoisotopic (exact) mass is 378 g/mol. The molecule has 2 aliphatic rings. The van der Waals surface area contributed by atoms with Crippen molar-refractivity contribution in [3.8, 4) is 0 Å². The zero-order valence-electron chi connectivity index (χ0n) is 14.4. The SMILES string of the molecule is CC1(C)[C@H](N)[C@H]1NS(=O)(=O)N1C[C@H](CCCB(O)O)[C@](N)(C(=O)O)C1. The summed E-state index contributed by atoms with van der Waals surface area (Å²) in [5, 5.41) is 27.3. The lowest BCUT2D eigenvalue weighted by Gasteiger charge is -2.25. The standard InChI is InChI=1S/C13H27BN4O6S/c1-12(2)9(15)10(12)17-25(23,24)18-6-8(4-3-5-14(21)22)13(16,7-18)11(19)20/h8-10,17,21-22H,3-7,15-16H2,1-2H3,(H,19,20)/t8-,9+,10+,13-/m0/s1. The van der Waals surface area contributed by atoms with Crippen LogP contribution in [0, 0.1) is 11.3 Å². The van der Waals surface area contributed by atoms with E-state index in [1.807, 2.05) is 13.8 Å². The number of aliphatic carboxylic acids is 1. The van der Waals surface area contributed by atoms with Crippen molar-refractivity contribution >= 4 is 23.3 Å². The molecule has 0 unspecified atom stereocenters. The van der Waals surface area contributed by atoms with E-state index in [0.717, 1.165) is 4.31 Å². The molecular weight excluding hydrogens is 351 g/mol. The number of carboxylic acid groups (broad SMARTS) is 1. The van der Waals surface area contributed by atoms with Crippen molar-refractivity contribution in [3.63, 3.8) is 0 Å². The van der Waals surface area contributed by atoms with E-state index in [-0.39, 0.29) is 37.3 Å². The van der Waals surface area contributed by atoms with Crippen molar-refractivity contribution in [3.05, 3.63) is 0 Å². The smallest absolute Gasteiger partial charge is 0.451 e. The van der Waals surface area contributed by atoms with Gasteiger partial charge < -0.3 is 26.6 Å². The van der Waals surface area contributed by atoms with Gasteiger partial charge in [0.2, 0.25) is 0 Å². The summed E-state index contributed by atoms with van der Waals surface area (Å²) in [5.41, 5.74) is 9.79. The van der Waals surface area contributed by atoms with E-state index in [4.69, 9.17) is 21.5 Å². The molecule has 25 heavy (non-hydrogen) atoms. The Labute approximate surface area is 147 Å². The molecule has 2 rings (SSSR count). The van der Waals surface area contributed by atoms with Gasteiger partial charge in [0, 0.05) is 31.1 Å². The highest BCUT2D eigenvalue weighted by molar-refractivity contribution is 7.87. The quantitative estimate of drug-likeness (QED) is 0.251. The van der Waals surface area contributed by atoms with Crippen LogP contribution in [0.15, 0.2) is 0 Å². The summed E-state index contributed by atoms with van der Waals surface area (Å²) in [7, 11) is -5.41. The van der Waals surface area contributed by atoms with Gasteiger partial charge >= 0.3 is 13.1 Å². The van der Waals surface area contributed by atoms with Crippen LogP contribution in [0.3, 0.4) is 0 Å². The summed E-state index contributed by atoms with van der Waals surface area (Å²) in [4.78, 5) is 11.6. The van der Waals surface area contributed by atoms with Crippen LogP contribution in [-0.4, -0.2) is 71.7 Å². The first-order chi connectivity index (χ1) is 11.3. The number of nitrogens with zero attached hydrogens (tertiary/aromatic N) is 1. The number of nitrogens with two attached hydrogens (primary N) is 2. The van der Waals surface area contributed by atoms with Crippen LogP contribution in [0.4, 0.5) is 0 Å². The number of hydrogen-bond acceptors (Lipinski definition) is 7. The summed E-state index contributed by atoms with van der Waals surface area (Å²) in [6, 6.07) is -0.702. The predicted molar refractivity (Wildman–Crippen MR) is 91.4 cm³/mol. The van der Waals surface area contributed by atoms with E-state index in [1.54, 1.807) is 0 Å². The van der Waals surface area contributed by atoms with Gasteiger partial charge in [0.1, 0.15) is 5.54 Å². The molecule has 8 N–H and O–H groups in total. The highest BCUT2D eigenvalue weighted by Crippen LogP contribution is 2.44. The molecule has 10 nitrogen and oxygen atoms in total. The Morgan fingerprint density at radius 3 is 2.40 bits per heavy atom. The van der Waals surface area contributed by atoms with E-state index >= 15 is 0 Å². The Bertz CT molecular complexity index is 630. The third-order valence-electron chi connectivity index (χ3n) is 5.53. The second-order valence-corrected chi connectivity index (χ2v) is 9.40. The second kappa shape index (κ2) is 6.76. The van der Waals surface area contributed by atoms with Crippen molar-refractivity contribution in [1.29, 1.82) is 0 Å². The van der Waals surface area contributed by atoms with Crippen LogP contribution in [0.1, 0.15) is 26.7 Å². The first-order valence-corrected chi connectivity index (χ1v) is 9.68. The average molecular weight is 378 g/mol. The highest BCUT2D eigenvalue weighted by Gasteiger charge is 2.59.